The van der Waals surface area contributed by atoms with Gasteiger partial charge in [0, 0.05) is 16.7 Å². The molecule has 134 valence electrons. The van der Waals surface area contributed by atoms with E-state index in [0.717, 1.165) is 18.2 Å². The summed E-state index contributed by atoms with van der Waals surface area (Å²) in [6, 6.07) is 5.94. The average molecular weight is 405 g/mol. The number of aromatic carboxylic acids is 1. The van der Waals surface area contributed by atoms with Gasteiger partial charge in [-0.1, -0.05) is 23.2 Å². The quantitative estimate of drug-likeness (QED) is 0.790. The summed E-state index contributed by atoms with van der Waals surface area (Å²) in [5.74, 6) is -1.13. The minimum Gasteiger partial charge on any atom is -0.545 e. The van der Waals surface area contributed by atoms with Gasteiger partial charge in [0.05, 0.1) is 35.8 Å². The molecule has 7 nitrogen and oxygen atoms in total. The maximum atomic E-state index is 12.5. The minimum atomic E-state index is -4.13. The molecule has 2 aromatic rings. The van der Waals surface area contributed by atoms with Crippen LogP contribution in [-0.4, -0.2) is 28.6 Å². The van der Waals surface area contributed by atoms with Crippen molar-refractivity contribution >= 4 is 44.9 Å². The molecule has 25 heavy (non-hydrogen) atoms. The van der Waals surface area contributed by atoms with E-state index in [9.17, 15) is 18.3 Å². The van der Waals surface area contributed by atoms with Crippen LogP contribution in [0.5, 0.6) is 11.5 Å². The summed E-state index contributed by atoms with van der Waals surface area (Å²) in [6.45, 7) is 0. The van der Waals surface area contributed by atoms with Gasteiger partial charge in [0.1, 0.15) is 11.5 Å². The number of ether oxygens (including phenoxy) is 2. The molecule has 0 spiro atoms. The van der Waals surface area contributed by atoms with Gasteiger partial charge in [-0.15, -0.1) is 0 Å². The third-order valence-corrected chi connectivity index (χ3v) is 5.17. The van der Waals surface area contributed by atoms with E-state index in [2.05, 4.69) is 4.72 Å². The van der Waals surface area contributed by atoms with Crippen molar-refractivity contribution in [2.75, 3.05) is 18.9 Å². The number of anilines is 1. The molecule has 0 aliphatic rings. The van der Waals surface area contributed by atoms with Gasteiger partial charge >= 0.3 is 0 Å². The van der Waals surface area contributed by atoms with Crippen LogP contribution in [0.3, 0.4) is 0 Å². The molecule has 10 heteroatoms. The number of carboxylic acid groups (broad SMARTS) is 1. The molecule has 0 heterocycles. The molecule has 0 saturated carbocycles. The van der Waals surface area contributed by atoms with Crippen LogP contribution in [0.2, 0.25) is 10.0 Å². The second-order valence-corrected chi connectivity index (χ2v) is 7.22. The van der Waals surface area contributed by atoms with Crippen LogP contribution in [0.15, 0.2) is 35.2 Å². The number of nitrogens with one attached hydrogen (secondary N) is 1. The molecular formula is C15H12Cl2NO6S-. The topological polar surface area (TPSA) is 105 Å². The van der Waals surface area contributed by atoms with Crippen molar-refractivity contribution in [3.05, 3.63) is 45.9 Å². The average Bonchev–Trinajstić information content (AvgIpc) is 2.54. The zero-order valence-electron chi connectivity index (χ0n) is 13.0. The zero-order valence-corrected chi connectivity index (χ0v) is 15.3. The molecular weight excluding hydrogens is 393 g/mol. The SMILES string of the molecule is COc1cc(OC)c(NS(=O)(=O)c2ccc(Cl)c(C(=O)[O-])c2)cc1Cl. The van der Waals surface area contributed by atoms with Crippen molar-refractivity contribution in [1.29, 1.82) is 0 Å². The number of halogens is 2. The fraction of sp³-hybridized carbons (Fsp3) is 0.133. The highest BCUT2D eigenvalue weighted by molar-refractivity contribution is 7.92. The van der Waals surface area contributed by atoms with Gasteiger partial charge in [-0.2, -0.15) is 0 Å². The van der Waals surface area contributed by atoms with Crippen molar-refractivity contribution < 1.29 is 27.8 Å². The Kier molecular flexibility index (Phi) is 5.66. The van der Waals surface area contributed by atoms with E-state index in [1.54, 1.807) is 0 Å². The fourth-order valence-corrected chi connectivity index (χ4v) is 3.49. The number of carboxylic acids is 1. The van der Waals surface area contributed by atoms with Crippen LogP contribution in [0.1, 0.15) is 10.4 Å². The van der Waals surface area contributed by atoms with Crippen molar-refractivity contribution in [2.45, 2.75) is 4.90 Å². The first-order chi connectivity index (χ1) is 11.7. The summed E-state index contributed by atoms with van der Waals surface area (Å²) in [5.41, 5.74) is -0.387. The molecule has 0 unspecified atom stereocenters. The van der Waals surface area contributed by atoms with Gasteiger partial charge in [-0.05, 0) is 24.3 Å². The Morgan fingerprint density at radius 2 is 1.68 bits per heavy atom. The number of methoxy groups -OCH3 is 2. The second kappa shape index (κ2) is 7.38. The number of hydrogen-bond donors (Lipinski definition) is 1. The molecule has 0 bridgehead atoms. The smallest absolute Gasteiger partial charge is 0.262 e. The molecule has 0 saturated heterocycles. The Morgan fingerprint density at radius 1 is 1.04 bits per heavy atom. The summed E-state index contributed by atoms with van der Waals surface area (Å²) < 4.78 is 37.5. The first-order valence-corrected chi connectivity index (χ1v) is 8.88. The standard InChI is InChI=1S/C15H13Cl2NO6S/c1-23-13-7-14(24-2)12(6-11(13)17)18-25(21,22)8-3-4-10(16)9(5-8)15(19)20/h3-7,18H,1-2H3,(H,19,20)/p-1. The van der Waals surface area contributed by atoms with E-state index < -0.39 is 21.6 Å². The highest BCUT2D eigenvalue weighted by Gasteiger charge is 2.20. The van der Waals surface area contributed by atoms with Crippen LogP contribution in [0.4, 0.5) is 5.69 Å². The lowest BCUT2D eigenvalue weighted by Gasteiger charge is -2.15. The number of sulfonamides is 1. The lowest BCUT2D eigenvalue weighted by molar-refractivity contribution is -0.255. The summed E-state index contributed by atoms with van der Waals surface area (Å²) in [4.78, 5) is 10.7. The Hall–Kier alpha value is -2.16. The van der Waals surface area contributed by atoms with Crippen LogP contribution < -0.4 is 19.3 Å². The van der Waals surface area contributed by atoms with E-state index in [4.69, 9.17) is 32.7 Å². The zero-order chi connectivity index (χ0) is 18.8. The van der Waals surface area contributed by atoms with E-state index in [1.807, 2.05) is 0 Å². The van der Waals surface area contributed by atoms with Crippen molar-refractivity contribution in [3.63, 3.8) is 0 Å². The monoisotopic (exact) mass is 404 g/mol. The summed E-state index contributed by atoms with van der Waals surface area (Å²) in [6.07, 6.45) is 0. The van der Waals surface area contributed by atoms with Gasteiger partial charge in [0.15, 0.2) is 0 Å². The van der Waals surface area contributed by atoms with Crippen molar-refractivity contribution in [3.8, 4) is 11.5 Å². The fourth-order valence-electron chi connectivity index (χ4n) is 1.97. The van der Waals surface area contributed by atoms with E-state index >= 15 is 0 Å². The molecule has 0 amide bonds. The predicted octanol–water partition coefficient (Wildman–Crippen LogP) is 2.17. The van der Waals surface area contributed by atoms with E-state index in [-0.39, 0.29) is 26.4 Å². The first kappa shape index (κ1) is 19.2. The molecule has 1 N–H and O–H groups in total. The lowest BCUT2D eigenvalue weighted by Crippen LogP contribution is -2.23. The van der Waals surface area contributed by atoms with Gasteiger partial charge in [-0.25, -0.2) is 8.42 Å². The van der Waals surface area contributed by atoms with Gasteiger partial charge < -0.3 is 19.4 Å². The molecule has 0 fully saturated rings. The lowest BCUT2D eigenvalue weighted by atomic mass is 10.2. The molecule has 0 aliphatic carbocycles. The summed E-state index contributed by atoms with van der Waals surface area (Å²) in [5, 5.41) is 11.0. The normalized spacial score (nSPS) is 11.0. The highest BCUT2D eigenvalue weighted by atomic mass is 35.5. The second-order valence-electron chi connectivity index (χ2n) is 4.72. The first-order valence-electron chi connectivity index (χ1n) is 6.65. The van der Waals surface area contributed by atoms with Gasteiger partial charge in [0.25, 0.3) is 10.0 Å². The van der Waals surface area contributed by atoms with Crippen LogP contribution >= 0.6 is 23.2 Å². The number of benzene rings is 2. The van der Waals surface area contributed by atoms with Crippen LogP contribution in [-0.2, 0) is 10.0 Å². The molecule has 0 aliphatic heterocycles. The van der Waals surface area contributed by atoms with Gasteiger partial charge in [0.2, 0.25) is 0 Å². The summed E-state index contributed by atoms with van der Waals surface area (Å²) >= 11 is 11.7. The van der Waals surface area contributed by atoms with Gasteiger partial charge in [-0.3, -0.25) is 4.72 Å². The molecule has 2 rings (SSSR count). The Bertz CT molecular complexity index is 930. The van der Waals surface area contributed by atoms with Crippen molar-refractivity contribution in [1.82, 2.24) is 0 Å². The summed E-state index contributed by atoms with van der Waals surface area (Å²) in [7, 11) is -1.39. The minimum absolute atomic E-state index is 0.0539. The molecule has 2 aromatic carbocycles. The number of rotatable bonds is 6. The maximum Gasteiger partial charge on any atom is 0.262 e. The number of hydrogen-bond acceptors (Lipinski definition) is 6. The maximum absolute atomic E-state index is 12.5. The van der Waals surface area contributed by atoms with E-state index in [0.29, 0.717) is 5.75 Å². The Labute approximate surface area is 154 Å². The van der Waals surface area contributed by atoms with E-state index in [1.165, 1.54) is 26.4 Å². The third-order valence-electron chi connectivity index (χ3n) is 3.19. The Morgan fingerprint density at radius 3 is 2.24 bits per heavy atom. The third kappa shape index (κ3) is 4.09. The molecule has 0 radical (unpaired) electrons. The predicted molar refractivity (Wildman–Crippen MR) is 91.1 cm³/mol. The largest absolute Gasteiger partial charge is 0.545 e. The Balaban J connectivity index is 2.48. The molecule has 0 aromatic heterocycles. The van der Waals surface area contributed by atoms with Crippen LogP contribution in [0, 0.1) is 0 Å². The number of carbonyl (C=O) groups excluding carboxylic acids is 1. The van der Waals surface area contributed by atoms with Crippen LogP contribution in [0.25, 0.3) is 0 Å². The molecule has 0 atom stereocenters. The van der Waals surface area contributed by atoms with Crippen molar-refractivity contribution in [2.24, 2.45) is 0 Å². The highest BCUT2D eigenvalue weighted by Crippen LogP contribution is 2.37. The number of carbonyl (C=O) groups is 1.